The number of imidazole rings is 1. The lowest BCUT2D eigenvalue weighted by atomic mass is 10.2. The van der Waals surface area contributed by atoms with Crippen LogP contribution in [-0.2, 0) is 0 Å². The highest BCUT2D eigenvalue weighted by Crippen LogP contribution is 2.24. The first-order valence-electron chi connectivity index (χ1n) is 7.00. The highest BCUT2D eigenvalue weighted by Gasteiger charge is 2.18. The molecule has 0 saturated carbocycles. The molecular weight excluding hydrogens is 298 g/mol. The molecule has 0 aliphatic rings. The maximum atomic E-state index is 12.7. The molecule has 1 amide bonds. The highest BCUT2D eigenvalue weighted by atomic mass is 35.5. The molecule has 1 aromatic carbocycles. The van der Waals surface area contributed by atoms with Gasteiger partial charge < -0.3 is 5.32 Å². The molecule has 112 valence electrons. The topological polar surface area (TPSA) is 46.4 Å². The first kappa shape index (κ1) is 14.6. The average molecular weight is 314 g/mol. The van der Waals surface area contributed by atoms with E-state index in [1.165, 1.54) is 0 Å². The molecule has 22 heavy (non-hydrogen) atoms. The van der Waals surface area contributed by atoms with E-state index in [-0.39, 0.29) is 5.91 Å². The van der Waals surface area contributed by atoms with Gasteiger partial charge in [-0.2, -0.15) is 0 Å². The molecule has 0 atom stereocenters. The summed E-state index contributed by atoms with van der Waals surface area (Å²) < 4.78 is 1.82. The van der Waals surface area contributed by atoms with E-state index < -0.39 is 0 Å². The molecule has 2 aromatic heterocycles. The zero-order valence-electron chi connectivity index (χ0n) is 12.6. The van der Waals surface area contributed by atoms with E-state index in [1.807, 2.05) is 55.6 Å². The summed E-state index contributed by atoms with van der Waals surface area (Å²) in [6.07, 6.45) is 1.85. The maximum Gasteiger partial charge on any atom is 0.274 e. The number of fused-ring (bicyclic) bond motifs is 1. The minimum absolute atomic E-state index is 0.194. The fourth-order valence-electron chi connectivity index (χ4n) is 2.52. The number of anilines is 1. The Hall–Kier alpha value is -2.33. The Morgan fingerprint density at radius 2 is 1.95 bits per heavy atom. The number of benzene rings is 1. The van der Waals surface area contributed by atoms with Gasteiger partial charge in [-0.15, -0.1) is 0 Å². The van der Waals surface area contributed by atoms with E-state index >= 15 is 0 Å². The summed E-state index contributed by atoms with van der Waals surface area (Å²) >= 11 is 6.10. The van der Waals surface area contributed by atoms with E-state index in [0.717, 1.165) is 16.8 Å². The lowest BCUT2D eigenvalue weighted by Gasteiger charge is -2.10. The quantitative estimate of drug-likeness (QED) is 0.772. The lowest BCUT2D eigenvalue weighted by molar-refractivity contribution is 0.102. The van der Waals surface area contributed by atoms with Gasteiger partial charge in [0, 0.05) is 16.9 Å². The van der Waals surface area contributed by atoms with Gasteiger partial charge in [0.05, 0.1) is 5.69 Å². The van der Waals surface area contributed by atoms with Crippen molar-refractivity contribution >= 4 is 28.8 Å². The number of halogens is 1. The first-order chi connectivity index (χ1) is 10.5. The number of hydrogen-bond donors (Lipinski definition) is 1. The Balaban J connectivity index is 2.05. The molecule has 0 bridgehead atoms. The summed E-state index contributed by atoms with van der Waals surface area (Å²) in [5.74, 6) is -0.194. The van der Waals surface area contributed by atoms with Crippen LogP contribution < -0.4 is 5.32 Å². The predicted octanol–water partition coefficient (Wildman–Crippen LogP) is 4.17. The van der Waals surface area contributed by atoms with Crippen LogP contribution in [0.1, 0.15) is 27.3 Å². The molecule has 0 aliphatic carbocycles. The number of nitrogens with zero attached hydrogens (tertiary/aromatic N) is 2. The highest BCUT2D eigenvalue weighted by molar-refractivity contribution is 6.31. The summed E-state index contributed by atoms with van der Waals surface area (Å²) in [4.78, 5) is 17.2. The maximum absolute atomic E-state index is 12.7. The first-order valence-corrected chi connectivity index (χ1v) is 7.37. The Morgan fingerprint density at radius 3 is 2.73 bits per heavy atom. The number of carbonyl (C=O) groups excluding carboxylic acids is 1. The van der Waals surface area contributed by atoms with Gasteiger partial charge >= 0.3 is 0 Å². The number of aromatic nitrogens is 2. The Kier molecular flexibility index (Phi) is 3.62. The van der Waals surface area contributed by atoms with Gasteiger partial charge in [-0.05, 0) is 50.1 Å². The van der Waals surface area contributed by atoms with E-state index in [2.05, 4.69) is 10.3 Å². The van der Waals surface area contributed by atoms with Crippen molar-refractivity contribution in [2.45, 2.75) is 20.8 Å². The van der Waals surface area contributed by atoms with Gasteiger partial charge in [-0.1, -0.05) is 23.7 Å². The normalized spacial score (nSPS) is 10.9. The molecule has 0 spiro atoms. The minimum Gasteiger partial charge on any atom is -0.320 e. The van der Waals surface area contributed by atoms with Crippen molar-refractivity contribution in [3.63, 3.8) is 0 Å². The number of amides is 1. The van der Waals surface area contributed by atoms with Crippen molar-refractivity contribution in [1.82, 2.24) is 9.38 Å². The number of rotatable bonds is 2. The number of carbonyl (C=O) groups is 1. The number of hydrogen-bond acceptors (Lipinski definition) is 2. The van der Waals surface area contributed by atoms with Crippen molar-refractivity contribution in [2.75, 3.05) is 5.32 Å². The molecule has 0 aliphatic heterocycles. The SMILES string of the molecule is Cc1nc2c(C)cccn2c1C(=O)Nc1cccc(Cl)c1C. The smallest absolute Gasteiger partial charge is 0.274 e. The number of aryl methyl sites for hydroxylation is 2. The van der Waals surface area contributed by atoms with Crippen molar-refractivity contribution in [2.24, 2.45) is 0 Å². The monoisotopic (exact) mass is 313 g/mol. The summed E-state index contributed by atoms with van der Waals surface area (Å²) in [5, 5.41) is 3.55. The van der Waals surface area contributed by atoms with Crippen LogP contribution >= 0.6 is 11.6 Å². The molecule has 0 saturated heterocycles. The lowest BCUT2D eigenvalue weighted by Crippen LogP contribution is -2.16. The molecule has 1 N–H and O–H groups in total. The van der Waals surface area contributed by atoms with Crippen molar-refractivity contribution in [1.29, 1.82) is 0 Å². The second kappa shape index (κ2) is 5.46. The molecule has 3 rings (SSSR count). The van der Waals surface area contributed by atoms with E-state index in [0.29, 0.717) is 22.1 Å². The molecular formula is C17H16ClN3O. The van der Waals surface area contributed by atoms with Gasteiger partial charge in [0.25, 0.3) is 5.91 Å². The van der Waals surface area contributed by atoms with Gasteiger partial charge in [-0.25, -0.2) is 4.98 Å². The Bertz CT molecular complexity index is 883. The van der Waals surface area contributed by atoms with Crippen LogP contribution in [0, 0.1) is 20.8 Å². The van der Waals surface area contributed by atoms with Gasteiger partial charge in [-0.3, -0.25) is 9.20 Å². The van der Waals surface area contributed by atoms with Crippen LogP contribution in [0.3, 0.4) is 0 Å². The van der Waals surface area contributed by atoms with E-state index in [9.17, 15) is 4.79 Å². The van der Waals surface area contributed by atoms with Crippen molar-refractivity contribution in [3.05, 3.63) is 64.1 Å². The Morgan fingerprint density at radius 1 is 1.18 bits per heavy atom. The van der Waals surface area contributed by atoms with Gasteiger partial charge in [0.2, 0.25) is 0 Å². The molecule has 0 fully saturated rings. The van der Waals surface area contributed by atoms with Crippen molar-refractivity contribution < 1.29 is 4.79 Å². The fourth-order valence-corrected chi connectivity index (χ4v) is 2.69. The van der Waals surface area contributed by atoms with Crippen LogP contribution in [0.5, 0.6) is 0 Å². The molecule has 0 unspecified atom stereocenters. The third-order valence-corrected chi connectivity index (χ3v) is 4.16. The second-order valence-electron chi connectivity index (χ2n) is 5.30. The third-order valence-electron chi connectivity index (χ3n) is 3.75. The van der Waals surface area contributed by atoms with Crippen LogP contribution in [0.2, 0.25) is 5.02 Å². The van der Waals surface area contributed by atoms with Crippen LogP contribution in [0.4, 0.5) is 5.69 Å². The molecule has 0 radical (unpaired) electrons. The summed E-state index contributed by atoms with van der Waals surface area (Å²) in [5.41, 5.74) is 4.63. The summed E-state index contributed by atoms with van der Waals surface area (Å²) in [6.45, 7) is 5.69. The van der Waals surface area contributed by atoms with Gasteiger partial charge in [0.15, 0.2) is 0 Å². The average Bonchev–Trinajstić information content (AvgIpc) is 2.81. The minimum atomic E-state index is -0.194. The van der Waals surface area contributed by atoms with Crippen molar-refractivity contribution in [3.8, 4) is 0 Å². The molecule has 3 aromatic rings. The number of nitrogens with one attached hydrogen (secondary N) is 1. The number of pyridine rings is 1. The Labute approximate surface area is 133 Å². The molecule has 4 nitrogen and oxygen atoms in total. The largest absolute Gasteiger partial charge is 0.320 e. The standard InChI is InChI=1S/C17H16ClN3O/c1-10-6-5-9-21-15(12(3)19-16(10)21)17(22)20-14-8-4-7-13(18)11(14)2/h4-9H,1-3H3,(H,20,22). The third kappa shape index (κ3) is 2.35. The molecule has 5 heteroatoms. The summed E-state index contributed by atoms with van der Waals surface area (Å²) in [6, 6.07) is 9.34. The van der Waals surface area contributed by atoms with Crippen LogP contribution in [0.15, 0.2) is 36.5 Å². The summed E-state index contributed by atoms with van der Waals surface area (Å²) in [7, 11) is 0. The molecule has 2 heterocycles. The van der Waals surface area contributed by atoms with Gasteiger partial charge in [0.1, 0.15) is 11.3 Å². The fraction of sp³-hybridized carbons (Fsp3) is 0.176. The van der Waals surface area contributed by atoms with E-state index in [1.54, 1.807) is 6.07 Å². The van der Waals surface area contributed by atoms with Crippen LogP contribution in [0.25, 0.3) is 5.65 Å². The van der Waals surface area contributed by atoms with E-state index in [4.69, 9.17) is 11.6 Å². The van der Waals surface area contributed by atoms with Crippen LogP contribution in [-0.4, -0.2) is 15.3 Å². The zero-order valence-corrected chi connectivity index (χ0v) is 13.4. The predicted molar refractivity (Wildman–Crippen MR) is 88.8 cm³/mol. The second-order valence-corrected chi connectivity index (χ2v) is 5.70. The zero-order chi connectivity index (χ0) is 15.9.